The SMILES string of the molecule is O=C(c1ccc(F)cc1Cl)N1Cc2cncnc2C1. The summed E-state index contributed by atoms with van der Waals surface area (Å²) in [6.45, 7) is 0.868. The molecule has 0 spiro atoms. The van der Waals surface area contributed by atoms with Crippen LogP contribution in [0.2, 0.25) is 5.02 Å². The number of rotatable bonds is 1. The summed E-state index contributed by atoms with van der Waals surface area (Å²) >= 11 is 5.90. The zero-order chi connectivity index (χ0) is 13.4. The van der Waals surface area contributed by atoms with Gasteiger partial charge >= 0.3 is 0 Å². The van der Waals surface area contributed by atoms with Gasteiger partial charge < -0.3 is 4.90 Å². The first kappa shape index (κ1) is 12.0. The van der Waals surface area contributed by atoms with Crippen LogP contribution in [0.3, 0.4) is 0 Å². The van der Waals surface area contributed by atoms with Gasteiger partial charge in [0, 0.05) is 18.3 Å². The lowest BCUT2D eigenvalue weighted by Crippen LogP contribution is -2.25. The van der Waals surface area contributed by atoms with E-state index in [0.717, 1.165) is 17.3 Å². The van der Waals surface area contributed by atoms with E-state index in [2.05, 4.69) is 9.97 Å². The van der Waals surface area contributed by atoms with Crippen LogP contribution < -0.4 is 0 Å². The van der Waals surface area contributed by atoms with Gasteiger partial charge in [0.2, 0.25) is 0 Å². The molecule has 2 heterocycles. The molecule has 19 heavy (non-hydrogen) atoms. The molecule has 0 fully saturated rings. The Morgan fingerprint density at radius 2 is 2.21 bits per heavy atom. The number of hydrogen-bond acceptors (Lipinski definition) is 3. The second-order valence-electron chi connectivity index (χ2n) is 4.28. The van der Waals surface area contributed by atoms with Gasteiger partial charge in [-0.2, -0.15) is 0 Å². The fourth-order valence-corrected chi connectivity index (χ4v) is 2.33. The van der Waals surface area contributed by atoms with Gasteiger partial charge in [-0.1, -0.05) is 11.6 Å². The summed E-state index contributed by atoms with van der Waals surface area (Å²) in [5.74, 6) is -0.694. The lowest BCUT2D eigenvalue weighted by atomic mass is 10.2. The molecule has 1 aromatic heterocycles. The van der Waals surface area contributed by atoms with Crippen molar-refractivity contribution in [2.75, 3.05) is 0 Å². The molecule has 96 valence electrons. The maximum absolute atomic E-state index is 13.0. The number of halogens is 2. The number of hydrogen-bond donors (Lipinski definition) is 0. The first-order chi connectivity index (χ1) is 9.15. The minimum Gasteiger partial charge on any atom is -0.328 e. The maximum Gasteiger partial charge on any atom is 0.256 e. The van der Waals surface area contributed by atoms with Crippen molar-refractivity contribution >= 4 is 17.5 Å². The molecule has 1 aromatic carbocycles. The van der Waals surface area contributed by atoms with Gasteiger partial charge in [0.05, 0.1) is 22.8 Å². The Labute approximate surface area is 113 Å². The van der Waals surface area contributed by atoms with Crippen LogP contribution in [0.1, 0.15) is 21.6 Å². The van der Waals surface area contributed by atoms with Crippen LogP contribution in [0.15, 0.2) is 30.7 Å². The Hall–Kier alpha value is -2.01. The predicted octanol–water partition coefficient (Wildman–Crippen LogP) is 2.43. The van der Waals surface area contributed by atoms with Crippen molar-refractivity contribution in [2.24, 2.45) is 0 Å². The summed E-state index contributed by atoms with van der Waals surface area (Å²) in [5.41, 5.74) is 2.06. The number of amides is 1. The lowest BCUT2D eigenvalue weighted by Gasteiger charge is -2.15. The Kier molecular flexibility index (Phi) is 2.91. The number of fused-ring (bicyclic) bond motifs is 1. The van der Waals surface area contributed by atoms with E-state index in [1.54, 1.807) is 11.1 Å². The summed E-state index contributed by atoms with van der Waals surface area (Å²) in [6, 6.07) is 3.76. The second-order valence-corrected chi connectivity index (χ2v) is 4.69. The Balaban J connectivity index is 1.87. The standard InChI is InChI=1S/C13H9ClFN3O/c14-11-3-9(15)1-2-10(11)13(19)18-5-8-4-16-7-17-12(8)6-18/h1-4,7H,5-6H2. The summed E-state index contributed by atoms with van der Waals surface area (Å²) in [4.78, 5) is 22.0. The van der Waals surface area contributed by atoms with Crippen molar-refractivity contribution in [3.05, 3.63) is 58.4 Å². The Bertz CT molecular complexity index is 637. The fraction of sp³-hybridized carbons (Fsp3) is 0.154. The summed E-state index contributed by atoms with van der Waals surface area (Å²) < 4.78 is 13.0. The molecule has 6 heteroatoms. The molecule has 3 rings (SSSR count). The second kappa shape index (κ2) is 4.59. The highest BCUT2D eigenvalue weighted by atomic mass is 35.5. The highest BCUT2D eigenvalue weighted by molar-refractivity contribution is 6.33. The maximum atomic E-state index is 13.0. The minimum absolute atomic E-state index is 0.118. The van der Waals surface area contributed by atoms with Crippen molar-refractivity contribution in [2.45, 2.75) is 13.1 Å². The topological polar surface area (TPSA) is 46.1 Å². The molecule has 0 bridgehead atoms. The molecule has 0 saturated carbocycles. The number of aromatic nitrogens is 2. The molecule has 1 amide bonds. The van der Waals surface area contributed by atoms with Crippen molar-refractivity contribution in [3.63, 3.8) is 0 Å². The van der Waals surface area contributed by atoms with Crippen molar-refractivity contribution < 1.29 is 9.18 Å². The Morgan fingerprint density at radius 1 is 1.37 bits per heavy atom. The monoisotopic (exact) mass is 277 g/mol. The van der Waals surface area contributed by atoms with Gasteiger partial charge in [-0.3, -0.25) is 4.79 Å². The molecule has 0 unspecified atom stereocenters. The fourth-order valence-electron chi connectivity index (χ4n) is 2.08. The zero-order valence-corrected chi connectivity index (χ0v) is 10.6. The summed E-state index contributed by atoms with van der Waals surface area (Å²) in [7, 11) is 0. The van der Waals surface area contributed by atoms with Gasteiger partial charge in [0.15, 0.2) is 0 Å². The number of benzene rings is 1. The van der Waals surface area contributed by atoms with Crippen LogP contribution >= 0.6 is 11.6 Å². The van der Waals surface area contributed by atoms with E-state index in [-0.39, 0.29) is 10.9 Å². The molecule has 0 radical (unpaired) electrons. The molecule has 2 aromatic rings. The predicted molar refractivity (Wildman–Crippen MR) is 67.0 cm³/mol. The van der Waals surface area contributed by atoms with E-state index < -0.39 is 5.82 Å². The zero-order valence-electron chi connectivity index (χ0n) is 9.81. The highest BCUT2D eigenvalue weighted by Crippen LogP contribution is 2.25. The quantitative estimate of drug-likeness (QED) is 0.804. The third-order valence-corrected chi connectivity index (χ3v) is 3.34. The van der Waals surface area contributed by atoms with E-state index in [4.69, 9.17) is 11.6 Å². The number of carbonyl (C=O) groups is 1. The van der Waals surface area contributed by atoms with Crippen LogP contribution in [0.4, 0.5) is 4.39 Å². The molecule has 0 saturated heterocycles. The molecule has 1 aliphatic heterocycles. The molecule has 4 nitrogen and oxygen atoms in total. The molecule has 0 aliphatic carbocycles. The van der Waals surface area contributed by atoms with Crippen LogP contribution in [0.25, 0.3) is 0 Å². The van der Waals surface area contributed by atoms with E-state index in [1.165, 1.54) is 18.5 Å². The van der Waals surface area contributed by atoms with Crippen LogP contribution in [-0.4, -0.2) is 20.8 Å². The highest BCUT2D eigenvalue weighted by Gasteiger charge is 2.26. The van der Waals surface area contributed by atoms with Crippen molar-refractivity contribution in [3.8, 4) is 0 Å². The first-order valence-electron chi connectivity index (χ1n) is 5.67. The molecule has 0 N–H and O–H groups in total. The number of nitrogens with zero attached hydrogens (tertiary/aromatic N) is 3. The average Bonchev–Trinajstić information content (AvgIpc) is 2.81. The molecule has 1 aliphatic rings. The van der Waals surface area contributed by atoms with Crippen LogP contribution in [0, 0.1) is 5.82 Å². The third kappa shape index (κ3) is 2.17. The van der Waals surface area contributed by atoms with Gasteiger partial charge in [-0.15, -0.1) is 0 Å². The van der Waals surface area contributed by atoms with Crippen LogP contribution in [0.5, 0.6) is 0 Å². The van der Waals surface area contributed by atoms with Gasteiger partial charge in [-0.25, -0.2) is 14.4 Å². The lowest BCUT2D eigenvalue weighted by molar-refractivity contribution is 0.0750. The van der Waals surface area contributed by atoms with E-state index in [9.17, 15) is 9.18 Å². The molecule has 0 atom stereocenters. The number of carbonyl (C=O) groups excluding carboxylic acids is 1. The van der Waals surface area contributed by atoms with Crippen molar-refractivity contribution in [1.82, 2.24) is 14.9 Å². The first-order valence-corrected chi connectivity index (χ1v) is 6.05. The van der Waals surface area contributed by atoms with Gasteiger partial charge in [0.1, 0.15) is 12.1 Å². The van der Waals surface area contributed by atoms with Crippen LogP contribution in [-0.2, 0) is 13.1 Å². The summed E-state index contributed by atoms with van der Waals surface area (Å²) in [6.07, 6.45) is 3.15. The van der Waals surface area contributed by atoms with Crippen molar-refractivity contribution in [1.29, 1.82) is 0 Å². The largest absolute Gasteiger partial charge is 0.328 e. The molecular weight excluding hydrogens is 269 g/mol. The average molecular weight is 278 g/mol. The van der Waals surface area contributed by atoms with E-state index in [1.807, 2.05) is 0 Å². The van der Waals surface area contributed by atoms with Gasteiger partial charge in [-0.05, 0) is 18.2 Å². The van der Waals surface area contributed by atoms with E-state index >= 15 is 0 Å². The Morgan fingerprint density at radius 3 is 2.95 bits per heavy atom. The smallest absolute Gasteiger partial charge is 0.256 e. The third-order valence-electron chi connectivity index (χ3n) is 3.03. The van der Waals surface area contributed by atoms with Gasteiger partial charge in [0.25, 0.3) is 5.91 Å². The summed E-state index contributed by atoms with van der Waals surface area (Å²) in [5, 5.41) is 0.118. The minimum atomic E-state index is -0.461. The normalized spacial score (nSPS) is 13.5. The van der Waals surface area contributed by atoms with E-state index in [0.29, 0.717) is 18.7 Å². The molecular formula is C13H9ClFN3O.